The lowest BCUT2D eigenvalue weighted by molar-refractivity contribution is -0.137. The van der Waals surface area contributed by atoms with Crippen LogP contribution in [-0.2, 0) is 6.18 Å². The molecule has 0 atom stereocenters. The van der Waals surface area contributed by atoms with Gasteiger partial charge in [0.1, 0.15) is 5.56 Å². The molecular weight excluding hydrogens is 1190 g/mol. The Kier molecular flexibility index (Phi) is 11.3. The van der Waals surface area contributed by atoms with E-state index in [-0.39, 0.29) is 11.4 Å². The van der Waals surface area contributed by atoms with Gasteiger partial charge in [0.15, 0.2) is 0 Å². The minimum atomic E-state index is -4.99. The Balaban J connectivity index is 0.913. The van der Waals surface area contributed by atoms with Crippen LogP contribution in [0.25, 0.3) is 176 Å². The van der Waals surface area contributed by atoms with Gasteiger partial charge in [0.05, 0.1) is 89.2 Å². The zero-order valence-corrected chi connectivity index (χ0v) is 51.1. The molecule has 0 spiro atoms. The van der Waals surface area contributed by atoms with Gasteiger partial charge in [-0.25, -0.2) is 0 Å². The van der Waals surface area contributed by atoms with Crippen LogP contribution in [0.1, 0.15) is 11.1 Å². The first-order chi connectivity index (χ1) is 47.3. The minimum Gasteiger partial charge on any atom is -0.309 e. The Hall–Kier alpha value is -12.8. The SMILES string of the molecule is N#Cc1cccc(-c2ccc(-n3c4ccc(-n5c6ccccc6c6ccccc65)cc4c4cc(-n5c6ccccc6c6ccccc65)ccc43)c(C(F)(F)F)c2-n2c3ccc(-n4c5ccccc5c5ccccc54)cc3c3cc(-n4c5ccccc5c5ccccc54)ccc32)c1. The van der Waals surface area contributed by atoms with Crippen molar-refractivity contribution in [3.05, 3.63) is 314 Å². The molecule has 6 heterocycles. The molecule has 20 aromatic rings. The average molecular weight is 1240 g/mol. The summed E-state index contributed by atoms with van der Waals surface area (Å²) in [5.41, 5.74) is 14.0. The van der Waals surface area contributed by atoms with E-state index in [2.05, 4.69) is 194 Å². The summed E-state index contributed by atoms with van der Waals surface area (Å²) < 4.78 is 66.8. The summed E-state index contributed by atoms with van der Waals surface area (Å²) in [5, 5.41) is 22.3. The van der Waals surface area contributed by atoms with E-state index < -0.39 is 11.7 Å². The number of nitriles is 1. The number of aromatic nitrogens is 6. The standard InChI is InChI=1S/C86H50F3N7/c87-86(88,89)84-83(95-79-41-36-54(91-71-28-9-1-20-59(71)60-21-2-10-29-72(60)91)47-67(79)68-48-55(37-42-80(68)95)92-73-30-11-3-22-61(73)62-23-4-12-31-74(62)92)45-40-58(53-19-17-18-52(46-53)51-90)85(84)96-81-43-38-56(93-75-32-13-5-24-63(75)64-25-6-14-33-76(64)93)49-69(81)70-50-57(39-44-82(70)96)94-77-34-15-7-26-65(77)66-27-8-16-35-78(66)94/h1-50H. The van der Waals surface area contributed by atoms with Crippen molar-refractivity contribution in [2.45, 2.75) is 6.18 Å². The van der Waals surface area contributed by atoms with Crippen LogP contribution in [-0.4, -0.2) is 27.4 Å². The molecule has 7 nitrogen and oxygen atoms in total. The second-order valence-electron chi connectivity index (χ2n) is 25.0. The summed E-state index contributed by atoms with van der Waals surface area (Å²) in [6.45, 7) is 0. The molecule has 14 aromatic carbocycles. The van der Waals surface area contributed by atoms with Gasteiger partial charge in [-0.05, 0) is 145 Å². The lowest BCUT2D eigenvalue weighted by Crippen LogP contribution is -2.17. The molecule has 0 bridgehead atoms. The van der Waals surface area contributed by atoms with Crippen molar-refractivity contribution in [1.82, 2.24) is 27.4 Å². The Labute approximate surface area is 545 Å². The first-order valence-corrected chi connectivity index (χ1v) is 32.1. The highest BCUT2D eigenvalue weighted by Crippen LogP contribution is 2.50. The van der Waals surface area contributed by atoms with Gasteiger partial charge in [0.25, 0.3) is 0 Å². The molecule has 0 N–H and O–H groups in total. The first-order valence-electron chi connectivity index (χ1n) is 32.1. The third-order valence-corrected chi connectivity index (χ3v) is 20.0. The fourth-order valence-corrected chi connectivity index (χ4v) is 16.1. The lowest BCUT2D eigenvalue weighted by Gasteiger charge is -2.24. The molecule has 0 fully saturated rings. The maximum atomic E-state index is 18.0. The number of rotatable bonds is 7. The second kappa shape index (κ2) is 20.1. The number of halogens is 3. The van der Waals surface area contributed by atoms with Gasteiger partial charge in [-0.2, -0.15) is 18.4 Å². The van der Waals surface area contributed by atoms with E-state index in [9.17, 15) is 5.26 Å². The van der Waals surface area contributed by atoms with Crippen LogP contribution in [0.15, 0.2) is 303 Å². The first kappa shape index (κ1) is 53.8. The average Bonchev–Trinajstić information content (AvgIpc) is 1.52. The highest BCUT2D eigenvalue weighted by atomic mass is 19.4. The topological polar surface area (TPSA) is 53.4 Å². The number of nitrogens with zero attached hydrogens (tertiary/aromatic N) is 7. The largest absolute Gasteiger partial charge is 0.420 e. The number of hydrogen-bond donors (Lipinski definition) is 0. The molecule has 20 rings (SSSR count). The zero-order chi connectivity index (χ0) is 63.7. The van der Waals surface area contributed by atoms with Crippen LogP contribution in [0.5, 0.6) is 0 Å². The van der Waals surface area contributed by atoms with Crippen molar-refractivity contribution in [3.63, 3.8) is 0 Å². The quantitative estimate of drug-likeness (QED) is 0.157. The maximum Gasteiger partial charge on any atom is 0.420 e. The van der Waals surface area contributed by atoms with Crippen molar-refractivity contribution >= 4 is 131 Å². The molecule has 0 aliphatic rings. The van der Waals surface area contributed by atoms with Crippen LogP contribution < -0.4 is 0 Å². The number of fused-ring (bicyclic) bond motifs is 18. The van der Waals surface area contributed by atoms with Gasteiger partial charge in [-0.15, -0.1) is 0 Å². The number of hydrogen-bond acceptors (Lipinski definition) is 1. The van der Waals surface area contributed by atoms with Gasteiger partial charge in [-0.1, -0.05) is 164 Å². The molecule has 96 heavy (non-hydrogen) atoms. The molecule has 0 aliphatic heterocycles. The second-order valence-corrected chi connectivity index (χ2v) is 25.0. The molecule has 0 saturated carbocycles. The molecule has 0 amide bonds. The number of benzene rings is 14. The van der Waals surface area contributed by atoms with E-state index in [4.69, 9.17) is 0 Å². The van der Waals surface area contributed by atoms with Crippen LogP contribution in [0.4, 0.5) is 13.2 Å². The third-order valence-electron chi connectivity index (χ3n) is 20.0. The molecule has 0 unspecified atom stereocenters. The van der Waals surface area contributed by atoms with E-state index in [1.165, 1.54) is 0 Å². The smallest absolute Gasteiger partial charge is 0.309 e. The third kappa shape index (κ3) is 7.59. The van der Waals surface area contributed by atoms with Crippen molar-refractivity contribution < 1.29 is 13.2 Å². The van der Waals surface area contributed by atoms with Crippen LogP contribution in [0.3, 0.4) is 0 Å². The van der Waals surface area contributed by atoms with E-state index in [1.54, 1.807) is 30.3 Å². The van der Waals surface area contributed by atoms with E-state index in [1.807, 2.05) is 112 Å². The normalized spacial score (nSPS) is 12.3. The molecule has 0 aliphatic carbocycles. The molecule has 10 heteroatoms. The Morgan fingerprint density at radius 1 is 0.250 bits per heavy atom. The minimum absolute atomic E-state index is 0.0503. The fraction of sp³-hybridized carbons (Fsp3) is 0.0116. The van der Waals surface area contributed by atoms with Gasteiger partial charge < -0.3 is 27.4 Å². The fourth-order valence-electron chi connectivity index (χ4n) is 16.1. The van der Waals surface area contributed by atoms with Gasteiger partial charge in [0.2, 0.25) is 0 Å². The highest BCUT2D eigenvalue weighted by molar-refractivity contribution is 6.17. The van der Waals surface area contributed by atoms with Crippen molar-refractivity contribution in [2.24, 2.45) is 0 Å². The zero-order valence-electron chi connectivity index (χ0n) is 51.1. The van der Waals surface area contributed by atoms with Crippen molar-refractivity contribution in [1.29, 1.82) is 5.26 Å². The van der Waals surface area contributed by atoms with E-state index in [0.717, 1.165) is 132 Å². The van der Waals surface area contributed by atoms with Crippen LogP contribution in [0.2, 0.25) is 0 Å². The van der Waals surface area contributed by atoms with Gasteiger partial charge in [-0.3, -0.25) is 0 Å². The highest BCUT2D eigenvalue weighted by Gasteiger charge is 2.41. The number of alkyl halides is 3. The van der Waals surface area contributed by atoms with Crippen molar-refractivity contribution in [3.8, 4) is 51.3 Å². The monoisotopic (exact) mass is 1240 g/mol. The molecule has 0 saturated heterocycles. The van der Waals surface area contributed by atoms with Gasteiger partial charge in [0, 0.05) is 92.9 Å². The molecule has 6 aromatic heterocycles. The summed E-state index contributed by atoms with van der Waals surface area (Å²) in [6, 6.07) is 104. The maximum absolute atomic E-state index is 18.0. The lowest BCUT2D eigenvalue weighted by atomic mass is 9.96. The Morgan fingerprint density at radius 2 is 0.531 bits per heavy atom. The van der Waals surface area contributed by atoms with Crippen molar-refractivity contribution in [2.75, 3.05) is 0 Å². The number of para-hydroxylation sites is 8. The van der Waals surface area contributed by atoms with Crippen LogP contribution in [0, 0.1) is 11.3 Å². The Bertz CT molecular complexity index is 6240. The summed E-state index contributed by atoms with van der Waals surface area (Å²) in [4.78, 5) is 0. The van der Waals surface area contributed by atoms with E-state index in [0.29, 0.717) is 38.8 Å². The predicted molar refractivity (Wildman–Crippen MR) is 388 cm³/mol. The summed E-state index contributed by atoms with van der Waals surface area (Å²) in [5.74, 6) is 0. The summed E-state index contributed by atoms with van der Waals surface area (Å²) in [6.07, 6.45) is -4.99. The molecule has 0 radical (unpaired) electrons. The Morgan fingerprint density at radius 3 is 0.823 bits per heavy atom. The molecular formula is C86H50F3N7. The molecule has 450 valence electrons. The van der Waals surface area contributed by atoms with Crippen LogP contribution >= 0.6 is 0 Å². The summed E-state index contributed by atoms with van der Waals surface area (Å²) in [7, 11) is 0. The van der Waals surface area contributed by atoms with Gasteiger partial charge >= 0.3 is 6.18 Å². The predicted octanol–water partition coefficient (Wildman–Crippen LogP) is 22.8. The summed E-state index contributed by atoms with van der Waals surface area (Å²) >= 11 is 0. The van der Waals surface area contributed by atoms with E-state index >= 15 is 13.2 Å².